The van der Waals surface area contributed by atoms with Crippen molar-refractivity contribution in [3.05, 3.63) is 47.4 Å². The van der Waals surface area contributed by atoms with E-state index in [0.29, 0.717) is 0 Å². The van der Waals surface area contributed by atoms with Crippen molar-refractivity contribution in [1.29, 1.82) is 0 Å². The van der Waals surface area contributed by atoms with Crippen LogP contribution in [0.3, 0.4) is 0 Å². The van der Waals surface area contributed by atoms with Crippen molar-refractivity contribution in [1.82, 2.24) is 0 Å². The van der Waals surface area contributed by atoms with E-state index in [9.17, 15) is 3.08 Å². The molecule has 0 N–H and O–H groups in total. The van der Waals surface area contributed by atoms with Gasteiger partial charge in [0.2, 0.25) is 0 Å². The van der Waals surface area contributed by atoms with Crippen LogP contribution >= 0.6 is 0 Å². The molecule has 15 heavy (non-hydrogen) atoms. The van der Waals surface area contributed by atoms with Gasteiger partial charge in [0, 0.05) is 0 Å². The third-order valence-corrected chi connectivity index (χ3v) is 8.19. The molecule has 5 heteroatoms. The third-order valence-electron chi connectivity index (χ3n) is 2.39. The maximum absolute atomic E-state index is 12.1. The Morgan fingerprint density at radius 3 is 1.67 bits per heavy atom. The van der Waals surface area contributed by atoms with Crippen molar-refractivity contribution < 1.29 is 3.08 Å². The molecule has 0 aliphatic heterocycles. The third kappa shape index (κ3) is 3.22. The molecular formula is C10H9B2OSn2. The Morgan fingerprint density at radius 2 is 1.40 bits per heavy atom. The summed E-state index contributed by atoms with van der Waals surface area (Å²) in [6, 6.07) is 0. The fraction of sp³-hybridized carbons (Fsp3) is 0.200. The van der Waals surface area contributed by atoms with Crippen molar-refractivity contribution in [2.24, 2.45) is 0 Å². The van der Waals surface area contributed by atoms with Gasteiger partial charge >= 0.3 is 118 Å². The second-order valence-corrected chi connectivity index (χ2v) is 9.61. The Balaban J connectivity index is 0.00000112. The van der Waals surface area contributed by atoms with Crippen LogP contribution < -0.4 is 0 Å². The second-order valence-electron chi connectivity index (χ2n) is 3.51. The van der Waals surface area contributed by atoms with Crippen molar-refractivity contribution in [3.8, 4) is 0 Å². The second kappa shape index (κ2) is 5.71. The van der Waals surface area contributed by atoms with Gasteiger partial charge in [-0.25, -0.2) is 0 Å². The van der Waals surface area contributed by atoms with Gasteiger partial charge < -0.3 is 0 Å². The van der Waals surface area contributed by atoms with E-state index < -0.39 is 19.7 Å². The zero-order valence-electron chi connectivity index (χ0n) is 8.26. The van der Waals surface area contributed by atoms with Crippen LogP contribution in [0, 0.1) is 0 Å². The van der Waals surface area contributed by atoms with Crippen LogP contribution in [0.25, 0.3) is 0 Å². The van der Waals surface area contributed by atoms with Gasteiger partial charge in [0.15, 0.2) is 0 Å². The van der Waals surface area contributed by atoms with Gasteiger partial charge in [-0.1, -0.05) is 0 Å². The Kier molecular flexibility index (Phi) is 5.16. The molecule has 0 saturated carbocycles. The summed E-state index contributed by atoms with van der Waals surface area (Å²) in [5.41, 5.74) is 1.45. The summed E-state index contributed by atoms with van der Waals surface area (Å²) in [5, 5.41) is 0. The SMILES string of the molecule is [B]C1=C[CH]([Sn](=[O])[CH]2C=CC([B])=C2)C=C1.[SnH]. The van der Waals surface area contributed by atoms with Gasteiger partial charge in [-0.15, -0.1) is 0 Å². The van der Waals surface area contributed by atoms with Crippen LogP contribution in [0.1, 0.15) is 0 Å². The standard InChI is InChI=1S/2C5H4B.O.2Sn.H/c2*6-5-3-1-2-4-5;;;;/h2*1-4H;;;;. The fourth-order valence-corrected chi connectivity index (χ4v) is 6.58. The van der Waals surface area contributed by atoms with Crippen LogP contribution in [0.5, 0.6) is 0 Å². The van der Waals surface area contributed by atoms with Gasteiger partial charge in [-0.05, 0) is 0 Å². The summed E-state index contributed by atoms with van der Waals surface area (Å²) in [4.78, 5) is 0. The van der Waals surface area contributed by atoms with Gasteiger partial charge in [0.1, 0.15) is 0 Å². The van der Waals surface area contributed by atoms with Gasteiger partial charge in [0.25, 0.3) is 0 Å². The van der Waals surface area contributed by atoms with Crippen LogP contribution in [-0.4, -0.2) is 59.3 Å². The predicted molar refractivity (Wildman–Crippen MR) is 67.0 cm³/mol. The minimum atomic E-state index is -2.70. The number of hydrogen-bond acceptors (Lipinski definition) is 1. The van der Waals surface area contributed by atoms with Crippen molar-refractivity contribution in [2.45, 2.75) is 7.87 Å². The van der Waals surface area contributed by atoms with Crippen LogP contribution in [0.4, 0.5) is 0 Å². The molecule has 2 atom stereocenters. The molecule has 0 heterocycles. The summed E-state index contributed by atoms with van der Waals surface area (Å²) >= 11 is -2.70. The van der Waals surface area contributed by atoms with E-state index in [-0.39, 0.29) is 31.8 Å². The summed E-state index contributed by atoms with van der Waals surface area (Å²) in [6.07, 6.45) is 11.3. The molecular weight excluding hydrogens is 395 g/mol. The first kappa shape index (κ1) is 13.6. The average Bonchev–Trinajstić information content (AvgIpc) is 2.73. The molecule has 0 aromatic carbocycles. The summed E-state index contributed by atoms with van der Waals surface area (Å²) in [7, 11) is 11.2. The number of hydrogen-bond donors (Lipinski definition) is 0. The zero-order valence-corrected chi connectivity index (χ0v) is 14.4. The van der Waals surface area contributed by atoms with Crippen molar-refractivity contribution >= 4 is 59.3 Å². The van der Waals surface area contributed by atoms with E-state index in [1.165, 1.54) is 0 Å². The Morgan fingerprint density at radius 1 is 1.00 bits per heavy atom. The topological polar surface area (TPSA) is 17.1 Å². The summed E-state index contributed by atoms with van der Waals surface area (Å²) < 4.78 is 12.3. The molecule has 2 rings (SSSR count). The van der Waals surface area contributed by atoms with E-state index in [1.807, 2.05) is 36.5 Å². The maximum atomic E-state index is 12.1. The van der Waals surface area contributed by atoms with E-state index in [2.05, 4.69) is 0 Å². The molecule has 2 aliphatic carbocycles. The molecule has 7 radical (unpaired) electrons. The Bertz CT molecular complexity index is 360. The molecule has 0 aromatic rings. The minimum absolute atomic E-state index is 0. The van der Waals surface area contributed by atoms with Crippen LogP contribution in [0.15, 0.2) is 47.4 Å². The molecule has 0 spiro atoms. The summed E-state index contributed by atoms with van der Waals surface area (Å²) in [6.45, 7) is 0. The first-order valence-electron chi connectivity index (χ1n) is 4.51. The first-order valence-corrected chi connectivity index (χ1v) is 8.97. The van der Waals surface area contributed by atoms with Crippen molar-refractivity contribution in [3.63, 3.8) is 0 Å². The molecule has 2 unspecified atom stereocenters. The van der Waals surface area contributed by atoms with Crippen molar-refractivity contribution in [2.75, 3.05) is 0 Å². The Labute approximate surface area is 117 Å². The average molecular weight is 404 g/mol. The van der Waals surface area contributed by atoms with E-state index in [1.54, 1.807) is 0 Å². The molecule has 69 valence electrons. The molecule has 2 aliphatic rings. The summed E-state index contributed by atoms with van der Waals surface area (Å²) in [5.74, 6) is 0. The fourth-order valence-electron chi connectivity index (χ4n) is 1.64. The van der Waals surface area contributed by atoms with Crippen LogP contribution in [0.2, 0.25) is 7.87 Å². The molecule has 0 saturated heterocycles. The molecule has 0 amide bonds. The molecule has 0 bridgehead atoms. The Hall–Kier alpha value is 0.487. The number of allylic oxidation sites excluding steroid dienone is 8. The predicted octanol–water partition coefficient (Wildman–Crippen LogP) is 0.745. The zero-order chi connectivity index (χ0) is 10.1. The first-order chi connectivity index (χ1) is 6.66. The molecule has 0 fully saturated rings. The van der Waals surface area contributed by atoms with Crippen LogP contribution in [-0.2, 0) is 3.08 Å². The molecule has 1 nitrogen and oxygen atoms in total. The van der Waals surface area contributed by atoms with E-state index >= 15 is 0 Å². The van der Waals surface area contributed by atoms with E-state index in [0.717, 1.165) is 10.9 Å². The quantitative estimate of drug-likeness (QED) is 0.621. The van der Waals surface area contributed by atoms with Gasteiger partial charge in [-0.2, -0.15) is 0 Å². The van der Waals surface area contributed by atoms with Gasteiger partial charge in [0.05, 0.1) is 0 Å². The van der Waals surface area contributed by atoms with Gasteiger partial charge in [-0.3, -0.25) is 0 Å². The monoisotopic (exact) mass is 407 g/mol. The normalized spacial score (nSPS) is 27.2. The number of rotatable bonds is 2. The molecule has 0 aromatic heterocycles. The van der Waals surface area contributed by atoms with E-state index in [4.69, 9.17) is 15.7 Å².